The zero-order chi connectivity index (χ0) is 21.0. The van der Waals surface area contributed by atoms with Crippen LogP contribution in [-0.4, -0.2) is 38.3 Å². The minimum atomic E-state index is -3.68. The summed E-state index contributed by atoms with van der Waals surface area (Å²) >= 11 is 1.47. The Kier molecular flexibility index (Phi) is 6.97. The maximum Gasteiger partial charge on any atom is 0.265 e. The van der Waals surface area contributed by atoms with Crippen LogP contribution in [0.3, 0.4) is 0 Å². The van der Waals surface area contributed by atoms with Crippen LogP contribution in [0.15, 0.2) is 29.2 Å². The number of aryl methyl sites for hydroxylation is 2. The van der Waals surface area contributed by atoms with Gasteiger partial charge in [-0.1, -0.05) is 13.3 Å². The van der Waals surface area contributed by atoms with Crippen LogP contribution in [0.25, 0.3) is 0 Å². The molecule has 0 spiro atoms. The summed E-state index contributed by atoms with van der Waals surface area (Å²) in [5, 5.41) is 2.84. The Morgan fingerprint density at radius 3 is 2.52 bits per heavy atom. The number of thiophene rings is 1. The van der Waals surface area contributed by atoms with Gasteiger partial charge in [0.15, 0.2) is 0 Å². The van der Waals surface area contributed by atoms with Crippen molar-refractivity contribution in [1.29, 1.82) is 0 Å². The Morgan fingerprint density at radius 1 is 1.17 bits per heavy atom. The van der Waals surface area contributed by atoms with Gasteiger partial charge >= 0.3 is 0 Å². The molecule has 1 aliphatic rings. The van der Waals surface area contributed by atoms with Crippen molar-refractivity contribution < 1.29 is 17.9 Å². The highest BCUT2D eigenvalue weighted by Gasteiger charge is 2.29. The van der Waals surface area contributed by atoms with Crippen molar-refractivity contribution in [3.05, 3.63) is 39.6 Å². The van der Waals surface area contributed by atoms with Gasteiger partial charge in [-0.3, -0.25) is 4.79 Å². The lowest BCUT2D eigenvalue weighted by atomic mass is 10.2. The second-order valence-corrected chi connectivity index (χ2v) is 10.1. The minimum absolute atomic E-state index is 0.107. The Labute approximate surface area is 176 Å². The normalized spacial score (nSPS) is 15.3. The largest absolute Gasteiger partial charge is 0.492 e. The van der Waals surface area contributed by atoms with E-state index < -0.39 is 10.0 Å². The molecule has 8 heteroatoms. The predicted molar refractivity (Wildman–Crippen MR) is 117 cm³/mol. The monoisotopic (exact) mass is 436 g/mol. The molecule has 0 aliphatic carbocycles. The van der Waals surface area contributed by atoms with E-state index in [-0.39, 0.29) is 10.8 Å². The number of nitrogens with zero attached hydrogens (tertiary/aromatic N) is 1. The highest BCUT2D eigenvalue weighted by molar-refractivity contribution is 7.89. The Balaban J connectivity index is 1.90. The number of piperidine rings is 1. The van der Waals surface area contributed by atoms with Crippen molar-refractivity contribution >= 4 is 33.0 Å². The third-order valence-electron chi connectivity index (χ3n) is 5.00. The fourth-order valence-corrected chi connectivity index (χ4v) is 6.17. The third kappa shape index (κ3) is 4.82. The van der Waals surface area contributed by atoms with Crippen molar-refractivity contribution in [2.75, 3.05) is 25.0 Å². The minimum Gasteiger partial charge on any atom is -0.492 e. The van der Waals surface area contributed by atoms with E-state index in [4.69, 9.17) is 4.74 Å². The smallest absolute Gasteiger partial charge is 0.265 e. The lowest BCUT2D eigenvalue weighted by Crippen LogP contribution is -2.35. The first-order valence-electron chi connectivity index (χ1n) is 10.0. The quantitative estimate of drug-likeness (QED) is 0.696. The van der Waals surface area contributed by atoms with Gasteiger partial charge in [0.1, 0.15) is 10.6 Å². The number of carbonyl (C=O) groups is 1. The van der Waals surface area contributed by atoms with Gasteiger partial charge in [-0.15, -0.1) is 11.3 Å². The molecule has 1 aromatic heterocycles. The Bertz CT molecular complexity index is 977. The van der Waals surface area contributed by atoms with Gasteiger partial charge < -0.3 is 10.1 Å². The molecule has 158 valence electrons. The van der Waals surface area contributed by atoms with Gasteiger partial charge in [-0.2, -0.15) is 4.31 Å². The van der Waals surface area contributed by atoms with Gasteiger partial charge in [-0.05, 0) is 62.9 Å². The topological polar surface area (TPSA) is 75.7 Å². The molecular weight excluding hydrogens is 408 g/mol. The number of ether oxygens (including phenoxy) is 1. The maximum absolute atomic E-state index is 13.2. The fourth-order valence-electron chi connectivity index (χ4n) is 3.48. The molecule has 1 aromatic carbocycles. The van der Waals surface area contributed by atoms with Crippen LogP contribution in [0.2, 0.25) is 0 Å². The SMILES string of the molecule is CCOc1ccc(NC(=O)c2cc(C)c(CC)s2)cc1S(=O)(=O)N1CCCCC1. The van der Waals surface area contributed by atoms with E-state index in [0.29, 0.717) is 36.0 Å². The Morgan fingerprint density at radius 2 is 1.90 bits per heavy atom. The van der Waals surface area contributed by atoms with Crippen molar-refractivity contribution in [2.45, 2.75) is 51.3 Å². The molecule has 0 atom stereocenters. The average Bonchev–Trinajstić information content (AvgIpc) is 3.11. The Hall–Kier alpha value is -1.90. The maximum atomic E-state index is 13.2. The van der Waals surface area contributed by atoms with Crippen LogP contribution >= 0.6 is 11.3 Å². The first-order chi connectivity index (χ1) is 13.9. The van der Waals surface area contributed by atoms with Crippen molar-refractivity contribution in [1.82, 2.24) is 4.31 Å². The molecule has 0 radical (unpaired) electrons. The van der Waals surface area contributed by atoms with Gasteiger partial charge in [0.25, 0.3) is 5.91 Å². The van der Waals surface area contributed by atoms with Crippen LogP contribution in [0.5, 0.6) is 5.75 Å². The molecule has 1 saturated heterocycles. The van der Waals surface area contributed by atoms with Gasteiger partial charge in [0.2, 0.25) is 10.0 Å². The van der Waals surface area contributed by atoms with Crippen molar-refractivity contribution in [2.24, 2.45) is 0 Å². The third-order valence-corrected chi connectivity index (χ3v) is 8.30. The van der Waals surface area contributed by atoms with Crippen molar-refractivity contribution in [3.63, 3.8) is 0 Å². The summed E-state index contributed by atoms with van der Waals surface area (Å²) in [6.45, 7) is 7.26. The van der Waals surface area contributed by atoms with E-state index in [0.717, 1.165) is 31.2 Å². The molecule has 0 bridgehead atoms. The zero-order valence-corrected chi connectivity index (χ0v) is 18.8. The molecule has 2 heterocycles. The van der Waals surface area contributed by atoms with E-state index in [1.54, 1.807) is 12.1 Å². The van der Waals surface area contributed by atoms with E-state index in [1.165, 1.54) is 26.6 Å². The molecule has 0 saturated carbocycles. The first-order valence-corrected chi connectivity index (χ1v) is 12.3. The molecule has 1 aliphatic heterocycles. The number of nitrogens with one attached hydrogen (secondary N) is 1. The van der Waals surface area contributed by atoms with E-state index >= 15 is 0 Å². The van der Waals surface area contributed by atoms with Crippen molar-refractivity contribution in [3.8, 4) is 5.75 Å². The standard InChI is InChI=1S/C21H28N2O4S2/c1-4-18-15(3)13-19(28-18)21(24)22-16-9-10-17(27-5-2)20(14-16)29(25,26)23-11-7-6-8-12-23/h9-10,13-14H,4-8,11-12H2,1-3H3,(H,22,24). The number of carbonyl (C=O) groups excluding carboxylic acids is 1. The van der Waals surface area contributed by atoms with Gasteiger partial charge in [-0.25, -0.2) is 8.42 Å². The average molecular weight is 437 g/mol. The molecule has 0 unspecified atom stereocenters. The second kappa shape index (κ2) is 9.28. The van der Waals surface area contributed by atoms with E-state index in [1.807, 2.05) is 19.9 Å². The van der Waals surface area contributed by atoms with Crippen LogP contribution < -0.4 is 10.1 Å². The van der Waals surface area contributed by atoms with Gasteiger partial charge in [0.05, 0.1) is 11.5 Å². The summed E-state index contributed by atoms with van der Waals surface area (Å²) in [5.41, 5.74) is 1.54. The van der Waals surface area contributed by atoms with E-state index in [2.05, 4.69) is 12.2 Å². The van der Waals surface area contributed by atoms with Crippen LogP contribution in [-0.2, 0) is 16.4 Å². The number of benzene rings is 1. The molecule has 1 fully saturated rings. The number of amides is 1. The van der Waals surface area contributed by atoms with Crippen LogP contribution in [0.4, 0.5) is 5.69 Å². The second-order valence-electron chi connectivity index (χ2n) is 7.08. The van der Waals surface area contributed by atoms with Gasteiger partial charge in [0, 0.05) is 23.7 Å². The number of rotatable bonds is 7. The first kappa shape index (κ1) is 21.8. The highest BCUT2D eigenvalue weighted by Crippen LogP contribution is 2.32. The van der Waals surface area contributed by atoms with Crippen LogP contribution in [0, 0.1) is 6.92 Å². The number of hydrogen-bond donors (Lipinski definition) is 1. The lowest BCUT2D eigenvalue weighted by molar-refractivity contribution is 0.103. The molecule has 29 heavy (non-hydrogen) atoms. The van der Waals surface area contributed by atoms with E-state index in [9.17, 15) is 13.2 Å². The summed E-state index contributed by atoms with van der Waals surface area (Å²) in [5.74, 6) is 0.0830. The molecule has 3 rings (SSSR count). The zero-order valence-electron chi connectivity index (χ0n) is 17.2. The molecule has 1 amide bonds. The molecular formula is C21H28N2O4S2. The number of anilines is 1. The summed E-state index contributed by atoms with van der Waals surface area (Å²) in [6.07, 6.45) is 3.64. The predicted octanol–water partition coefficient (Wildman–Crippen LogP) is 4.44. The lowest BCUT2D eigenvalue weighted by Gasteiger charge is -2.27. The number of hydrogen-bond acceptors (Lipinski definition) is 5. The highest BCUT2D eigenvalue weighted by atomic mass is 32.2. The summed E-state index contributed by atoms with van der Waals surface area (Å²) in [7, 11) is -3.68. The molecule has 1 N–H and O–H groups in total. The summed E-state index contributed by atoms with van der Waals surface area (Å²) in [4.78, 5) is 14.6. The van der Waals surface area contributed by atoms with Crippen LogP contribution in [0.1, 0.15) is 53.2 Å². The fraction of sp³-hybridized carbons (Fsp3) is 0.476. The summed E-state index contributed by atoms with van der Waals surface area (Å²) in [6, 6.07) is 6.68. The number of sulfonamides is 1. The summed E-state index contributed by atoms with van der Waals surface area (Å²) < 4.78 is 33.5. The molecule has 6 nitrogen and oxygen atoms in total. The molecule has 2 aromatic rings.